The van der Waals surface area contributed by atoms with E-state index in [0.29, 0.717) is 0 Å². The summed E-state index contributed by atoms with van der Waals surface area (Å²) in [6.07, 6.45) is -2.99. The maximum Gasteiger partial charge on any atom is 0.480 e. The van der Waals surface area contributed by atoms with Gasteiger partial charge in [-0.2, -0.15) is 4.31 Å². The van der Waals surface area contributed by atoms with Gasteiger partial charge in [-0.25, -0.2) is 28.8 Å². The number of anilines is 1. The summed E-state index contributed by atoms with van der Waals surface area (Å²) in [5, 5.41) is 20.7. The summed E-state index contributed by atoms with van der Waals surface area (Å²) in [4.78, 5) is 31.8. The minimum Gasteiger partial charge on any atom is -0.387 e. The highest BCUT2D eigenvalue weighted by atomic mass is 31.3. The minimum absolute atomic E-state index is 0.0268. The van der Waals surface area contributed by atoms with Gasteiger partial charge in [0.25, 0.3) is 0 Å². The highest BCUT2D eigenvalue weighted by molar-refractivity contribution is 7.62. The van der Waals surface area contributed by atoms with E-state index in [1.807, 2.05) is 0 Å². The van der Waals surface area contributed by atoms with E-state index < -0.39 is 46.7 Å². The molecule has 178 valence electrons. The smallest absolute Gasteiger partial charge is 0.387 e. The number of morpholine rings is 1. The quantitative estimate of drug-likeness (QED) is 0.278. The third-order valence-corrected chi connectivity index (χ3v) is 8.22. The number of rotatable bonds is 7. The van der Waals surface area contributed by atoms with Gasteiger partial charge in [-0.1, -0.05) is 0 Å². The molecular formula is C14H22N6O10P2. The number of aliphatic hydroxyl groups is 2. The first kappa shape index (κ1) is 23.6. The van der Waals surface area contributed by atoms with E-state index in [2.05, 4.69) is 19.3 Å². The molecule has 6 N–H and O–H groups in total. The summed E-state index contributed by atoms with van der Waals surface area (Å²) in [6, 6.07) is 0. The molecule has 0 aromatic carbocycles. The van der Waals surface area contributed by atoms with Gasteiger partial charge < -0.3 is 35.2 Å². The molecule has 2 aromatic heterocycles. The topological polar surface area (TPSA) is 225 Å². The zero-order valence-electron chi connectivity index (χ0n) is 16.4. The van der Waals surface area contributed by atoms with Gasteiger partial charge in [-0.05, 0) is 0 Å². The summed E-state index contributed by atoms with van der Waals surface area (Å²) in [6.45, 7) is -0.357. The summed E-state index contributed by atoms with van der Waals surface area (Å²) >= 11 is 0. The van der Waals surface area contributed by atoms with E-state index in [1.165, 1.54) is 17.2 Å². The van der Waals surface area contributed by atoms with Crippen molar-refractivity contribution in [2.24, 2.45) is 0 Å². The van der Waals surface area contributed by atoms with Crippen LogP contribution in [0, 0.1) is 0 Å². The maximum atomic E-state index is 12.3. The number of imidazole rings is 1. The predicted octanol–water partition coefficient (Wildman–Crippen LogP) is -1.41. The second-order valence-electron chi connectivity index (χ2n) is 7.03. The molecule has 2 aliphatic rings. The van der Waals surface area contributed by atoms with Crippen LogP contribution in [0.1, 0.15) is 6.23 Å². The standard InChI is InChI=1S/C14H22N6O10P2/c15-12-9-13(17-6-16-12)20(7-18-9)14-11(22)10(21)8(29-14)5-28-32(25,26)30-31(23,24)19-1-3-27-4-2-19/h6-8,10-11,14,21-22H,1-5H2,(H,23,24)(H,25,26)(H2,15,16,17)/t8-,10?,11?,14-/m0/s1. The molecule has 2 aromatic rings. The highest BCUT2D eigenvalue weighted by Crippen LogP contribution is 2.61. The lowest BCUT2D eigenvalue weighted by Gasteiger charge is -2.30. The average molecular weight is 496 g/mol. The Morgan fingerprint density at radius 3 is 2.59 bits per heavy atom. The van der Waals surface area contributed by atoms with Gasteiger partial charge in [0.1, 0.15) is 30.2 Å². The maximum absolute atomic E-state index is 12.3. The van der Waals surface area contributed by atoms with Crippen LogP contribution in [0.4, 0.5) is 5.82 Å². The molecule has 0 saturated carbocycles. The van der Waals surface area contributed by atoms with Crippen molar-refractivity contribution in [2.45, 2.75) is 24.5 Å². The van der Waals surface area contributed by atoms with Crippen molar-refractivity contribution in [3.63, 3.8) is 0 Å². The third kappa shape index (κ3) is 4.71. The third-order valence-electron chi connectivity index (χ3n) is 4.95. The van der Waals surface area contributed by atoms with Gasteiger partial charge in [0.15, 0.2) is 17.7 Å². The highest BCUT2D eigenvalue weighted by Gasteiger charge is 2.46. The zero-order valence-corrected chi connectivity index (χ0v) is 18.2. The average Bonchev–Trinajstić information content (AvgIpc) is 3.29. The molecule has 0 amide bonds. The fourth-order valence-electron chi connectivity index (χ4n) is 3.34. The lowest BCUT2D eigenvalue weighted by molar-refractivity contribution is -0.0503. The van der Waals surface area contributed by atoms with Crippen molar-refractivity contribution in [3.8, 4) is 0 Å². The van der Waals surface area contributed by atoms with Gasteiger partial charge in [-0.3, -0.25) is 9.09 Å². The van der Waals surface area contributed by atoms with Crippen LogP contribution < -0.4 is 5.73 Å². The van der Waals surface area contributed by atoms with Crippen LogP contribution >= 0.6 is 15.6 Å². The Labute approximate surface area is 180 Å². The van der Waals surface area contributed by atoms with Crippen LogP contribution in [-0.4, -0.2) is 95.4 Å². The summed E-state index contributed by atoms with van der Waals surface area (Å²) in [5.41, 5.74) is 6.22. The predicted molar refractivity (Wildman–Crippen MR) is 105 cm³/mol. The summed E-state index contributed by atoms with van der Waals surface area (Å²) in [5.74, 6) is 0.105. The molecular weight excluding hydrogens is 474 g/mol. The Balaban J connectivity index is 1.41. The molecule has 2 fully saturated rings. The minimum atomic E-state index is -5.03. The van der Waals surface area contributed by atoms with Crippen LogP contribution in [-0.2, 0) is 27.4 Å². The Morgan fingerprint density at radius 1 is 1.16 bits per heavy atom. The number of nitrogens with zero attached hydrogens (tertiary/aromatic N) is 5. The number of aliphatic hydroxyl groups excluding tert-OH is 2. The van der Waals surface area contributed by atoms with E-state index >= 15 is 0 Å². The van der Waals surface area contributed by atoms with Crippen molar-refractivity contribution < 1.29 is 47.4 Å². The fourth-order valence-corrected chi connectivity index (χ4v) is 6.02. The second kappa shape index (κ2) is 9.00. The van der Waals surface area contributed by atoms with Crippen LogP contribution in [0.5, 0.6) is 0 Å². The number of aromatic nitrogens is 4. The van der Waals surface area contributed by atoms with Gasteiger partial charge in [0, 0.05) is 13.1 Å². The lowest BCUT2D eigenvalue weighted by atomic mass is 10.1. The van der Waals surface area contributed by atoms with Crippen molar-refractivity contribution in [3.05, 3.63) is 12.7 Å². The van der Waals surface area contributed by atoms with Crippen LogP contribution in [0.15, 0.2) is 12.7 Å². The van der Waals surface area contributed by atoms with Gasteiger partial charge >= 0.3 is 15.6 Å². The Morgan fingerprint density at radius 2 is 1.88 bits per heavy atom. The first-order valence-electron chi connectivity index (χ1n) is 9.38. The van der Waals surface area contributed by atoms with Gasteiger partial charge in [-0.15, -0.1) is 0 Å². The molecule has 2 aliphatic heterocycles. The Kier molecular flexibility index (Phi) is 6.64. The van der Waals surface area contributed by atoms with E-state index in [9.17, 15) is 29.1 Å². The molecule has 16 nitrogen and oxygen atoms in total. The van der Waals surface area contributed by atoms with Crippen LogP contribution in [0.2, 0.25) is 0 Å². The number of phosphoric ester groups is 1. The number of nitrogens with two attached hydrogens (primary N) is 1. The molecule has 32 heavy (non-hydrogen) atoms. The zero-order chi connectivity index (χ0) is 23.1. The SMILES string of the molecule is Nc1ncnc2c1ncn2[C@H]1O[C@@H](COP(=O)(O)OP(=O)(O)N2CCOCC2)C(O)C1O. The second-order valence-corrected chi connectivity index (χ2v) is 10.4. The number of nitrogen functional groups attached to an aromatic ring is 1. The molecule has 2 saturated heterocycles. The number of ether oxygens (including phenoxy) is 2. The number of fused-ring (bicyclic) bond motifs is 1. The molecule has 6 atom stereocenters. The molecule has 18 heteroatoms. The monoisotopic (exact) mass is 496 g/mol. The number of hydrogen-bond acceptors (Lipinski definition) is 12. The fraction of sp³-hybridized carbons (Fsp3) is 0.643. The lowest BCUT2D eigenvalue weighted by Crippen LogP contribution is -2.34. The van der Waals surface area contributed by atoms with Crippen molar-refractivity contribution in [1.82, 2.24) is 24.2 Å². The largest absolute Gasteiger partial charge is 0.480 e. The number of phosphoric acid groups is 1. The van der Waals surface area contributed by atoms with E-state index in [4.69, 9.17) is 19.7 Å². The number of hydrogen-bond donors (Lipinski definition) is 5. The Bertz CT molecular complexity index is 1060. The first-order valence-corrected chi connectivity index (χ1v) is 12.4. The molecule has 0 aliphatic carbocycles. The van der Waals surface area contributed by atoms with Gasteiger partial charge in [0.05, 0.1) is 26.1 Å². The molecule has 4 unspecified atom stereocenters. The van der Waals surface area contributed by atoms with Crippen LogP contribution in [0.3, 0.4) is 0 Å². The molecule has 0 spiro atoms. The van der Waals surface area contributed by atoms with E-state index in [1.54, 1.807) is 0 Å². The van der Waals surface area contributed by atoms with Crippen molar-refractivity contribution in [1.29, 1.82) is 0 Å². The molecule has 4 rings (SSSR count). The first-order chi connectivity index (χ1) is 15.1. The van der Waals surface area contributed by atoms with Crippen molar-refractivity contribution in [2.75, 3.05) is 38.6 Å². The molecule has 0 bridgehead atoms. The van der Waals surface area contributed by atoms with Gasteiger partial charge in [0.2, 0.25) is 0 Å². The molecule has 4 heterocycles. The van der Waals surface area contributed by atoms with E-state index in [-0.39, 0.29) is 43.3 Å². The van der Waals surface area contributed by atoms with E-state index in [0.717, 1.165) is 4.67 Å². The van der Waals surface area contributed by atoms with Crippen molar-refractivity contribution >= 4 is 32.6 Å². The normalized spacial score (nSPS) is 30.9. The summed E-state index contributed by atoms with van der Waals surface area (Å²) in [7, 11) is -9.67. The Hall–Kier alpha value is -1.55. The summed E-state index contributed by atoms with van der Waals surface area (Å²) < 4.78 is 46.7. The van der Waals surface area contributed by atoms with Crippen LogP contribution in [0.25, 0.3) is 11.2 Å². The molecule has 0 radical (unpaired) electrons.